The summed E-state index contributed by atoms with van der Waals surface area (Å²) in [6.07, 6.45) is 1.19. The number of anilines is 1. The van der Waals surface area contributed by atoms with E-state index in [1.165, 1.54) is 34.5 Å². The van der Waals surface area contributed by atoms with Gasteiger partial charge in [-0.2, -0.15) is 4.31 Å². The summed E-state index contributed by atoms with van der Waals surface area (Å²) in [5, 5.41) is 14.0. The quantitative estimate of drug-likeness (QED) is 0.321. The van der Waals surface area contributed by atoms with Crippen LogP contribution in [0.4, 0.5) is 5.69 Å². The lowest BCUT2D eigenvalue weighted by Crippen LogP contribution is -2.48. The first-order valence-electron chi connectivity index (χ1n) is 16.4. The Kier molecular flexibility index (Phi) is 12.5. The molecule has 49 heavy (non-hydrogen) atoms. The molecule has 0 radical (unpaired) electrons. The van der Waals surface area contributed by atoms with Gasteiger partial charge in [0, 0.05) is 38.3 Å². The number of carbonyl (C=O) groups excluding carboxylic acids is 1. The fourth-order valence-electron chi connectivity index (χ4n) is 5.73. The minimum absolute atomic E-state index is 0.00801. The lowest BCUT2D eigenvalue weighted by atomic mass is 10.0. The molecule has 0 fully saturated rings. The van der Waals surface area contributed by atoms with Crippen molar-refractivity contribution in [2.45, 2.75) is 88.8 Å². The third-order valence-corrected chi connectivity index (χ3v) is 12.2. The number of hydrogen-bond acceptors (Lipinski definition) is 10. The molecule has 4 atom stereocenters. The van der Waals surface area contributed by atoms with Crippen molar-refractivity contribution < 1.29 is 40.7 Å². The van der Waals surface area contributed by atoms with Crippen LogP contribution in [0.2, 0.25) is 0 Å². The molecule has 1 aromatic heterocycles. The molecule has 270 valence electrons. The van der Waals surface area contributed by atoms with Crippen LogP contribution in [0.3, 0.4) is 0 Å². The van der Waals surface area contributed by atoms with Crippen molar-refractivity contribution in [3.05, 3.63) is 65.0 Å². The Bertz CT molecular complexity index is 1790. The molecule has 3 aromatic rings. The fourth-order valence-corrected chi connectivity index (χ4v) is 8.25. The van der Waals surface area contributed by atoms with E-state index in [1.54, 1.807) is 45.0 Å². The van der Waals surface area contributed by atoms with E-state index in [0.717, 1.165) is 12.0 Å². The highest BCUT2D eigenvalue weighted by molar-refractivity contribution is 7.92. The molecule has 13 nitrogen and oxygen atoms in total. The molecule has 15 heteroatoms. The molecule has 1 aliphatic heterocycles. The highest BCUT2D eigenvalue weighted by Crippen LogP contribution is 2.30. The van der Waals surface area contributed by atoms with Gasteiger partial charge in [0.2, 0.25) is 10.0 Å². The van der Waals surface area contributed by atoms with Crippen LogP contribution >= 0.6 is 0 Å². The van der Waals surface area contributed by atoms with Gasteiger partial charge in [0.15, 0.2) is 5.76 Å². The summed E-state index contributed by atoms with van der Waals surface area (Å²) < 4.78 is 75.0. The van der Waals surface area contributed by atoms with Gasteiger partial charge in [0.1, 0.15) is 16.3 Å². The van der Waals surface area contributed by atoms with Crippen molar-refractivity contribution in [1.29, 1.82) is 0 Å². The van der Waals surface area contributed by atoms with Crippen molar-refractivity contribution in [2.75, 3.05) is 38.1 Å². The minimum Gasteiger partial charge on any atom is -0.490 e. The fraction of sp³-hybridized carbons (Fsp3) is 0.529. The summed E-state index contributed by atoms with van der Waals surface area (Å²) in [5.41, 5.74) is 1.46. The summed E-state index contributed by atoms with van der Waals surface area (Å²) in [6.45, 7) is 10.5. The number of hydrogen-bond donors (Lipinski definition) is 2. The Labute approximate surface area is 289 Å². The number of fused-ring (bicyclic) bond motifs is 1. The number of aromatic nitrogens is 1. The van der Waals surface area contributed by atoms with Crippen LogP contribution in [0.5, 0.6) is 5.75 Å². The van der Waals surface area contributed by atoms with Crippen LogP contribution in [-0.4, -0.2) is 93.8 Å². The van der Waals surface area contributed by atoms with Crippen LogP contribution in [-0.2, 0) is 24.8 Å². The number of likely N-dealkylation sites (N-methyl/N-ethyl adjacent to an activating group) is 1. The van der Waals surface area contributed by atoms with E-state index in [-0.39, 0.29) is 64.0 Å². The average molecular weight is 721 g/mol. The maximum Gasteiger partial charge on any atom is 0.261 e. The van der Waals surface area contributed by atoms with E-state index < -0.39 is 44.0 Å². The van der Waals surface area contributed by atoms with E-state index in [4.69, 9.17) is 14.0 Å². The Morgan fingerprint density at radius 1 is 1.06 bits per heavy atom. The van der Waals surface area contributed by atoms with Gasteiger partial charge in [0.05, 0.1) is 35.3 Å². The number of ether oxygens (including phenoxy) is 2. The van der Waals surface area contributed by atoms with Gasteiger partial charge in [-0.1, -0.05) is 29.8 Å². The first-order chi connectivity index (χ1) is 23.0. The lowest BCUT2D eigenvalue weighted by Gasteiger charge is -2.35. The predicted molar refractivity (Wildman–Crippen MR) is 185 cm³/mol. The van der Waals surface area contributed by atoms with Crippen molar-refractivity contribution >= 4 is 31.6 Å². The number of aliphatic hydroxyl groups excluding tert-OH is 1. The highest BCUT2D eigenvalue weighted by atomic mass is 32.2. The Morgan fingerprint density at radius 2 is 1.76 bits per heavy atom. The molecule has 0 unspecified atom stereocenters. The predicted octanol–water partition coefficient (Wildman–Crippen LogP) is 4.52. The zero-order chi connectivity index (χ0) is 36.1. The van der Waals surface area contributed by atoms with Gasteiger partial charge in [-0.05, 0) is 84.2 Å². The second kappa shape index (κ2) is 16.0. The van der Waals surface area contributed by atoms with Gasteiger partial charge in [-0.3, -0.25) is 9.52 Å². The summed E-state index contributed by atoms with van der Waals surface area (Å²) in [5.74, 6) is -0.406. The van der Waals surface area contributed by atoms with Gasteiger partial charge in [-0.15, -0.1) is 0 Å². The van der Waals surface area contributed by atoms with Gasteiger partial charge in [-0.25, -0.2) is 16.8 Å². The molecule has 1 aliphatic rings. The molecule has 0 saturated heterocycles. The van der Waals surface area contributed by atoms with Gasteiger partial charge >= 0.3 is 0 Å². The SMILES string of the molecule is Cc1ccc(S(=O)(=O)Nc2ccc3c(c2)C(=O)N([C@@H](C)CO)C[C@H](C)[C@@H](CN(C)S(=O)(=O)c2c(C)noc2C)OCCCC[C@@H](C)O3)cc1. The zero-order valence-electron chi connectivity index (χ0n) is 29.2. The van der Waals surface area contributed by atoms with Gasteiger partial charge in [0.25, 0.3) is 15.9 Å². The molecular formula is C34H48N4O9S2. The first-order valence-corrected chi connectivity index (χ1v) is 19.3. The molecular weight excluding hydrogens is 673 g/mol. The number of rotatable bonds is 9. The second-order valence-corrected chi connectivity index (χ2v) is 16.5. The average Bonchev–Trinajstić information content (AvgIpc) is 3.40. The third-order valence-electron chi connectivity index (χ3n) is 8.71. The molecule has 0 bridgehead atoms. The van der Waals surface area contributed by atoms with Crippen molar-refractivity contribution in [1.82, 2.24) is 14.4 Å². The van der Waals surface area contributed by atoms with Gasteiger partial charge < -0.3 is 24.0 Å². The van der Waals surface area contributed by atoms with E-state index in [1.807, 2.05) is 20.8 Å². The van der Waals surface area contributed by atoms with Crippen LogP contribution in [0.1, 0.15) is 67.4 Å². The molecule has 2 N–H and O–H groups in total. The number of carbonyl (C=O) groups is 1. The summed E-state index contributed by atoms with van der Waals surface area (Å²) in [6, 6.07) is 10.3. The molecule has 4 rings (SSSR count). The Hall–Kier alpha value is -3.50. The van der Waals surface area contributed by atoms with E-state index >= 15 is 0 Å². The number of nitrogens with zero attached hydrogens (tertiary/aromatic N) is 3. The number of sulfonamides is 2. The standard InChI is InChI=1S/C34H48N4O9S2/c1-22-11-14-29(15-12-22)48(41,42)36-28-13-16-31-30(18-28)34(40)38(24(3)21-39)19-23(2)32(45-17-9-8-10-25(4)46-31)20-37(7)49(43,44)33-26(5)35-47-27(33)6/h11-16,18,23-25,32,36,39H,8-10,17,19-21H2,1-7H3/t23-,24-,25+,32+/m0/s1. The molecule has 2 aromatic carbocycles. The molecule has 0 spiro atoms. The molecule has 0 saturated carbocycles. The monoisotopic (exact) mass is 720 g/mol. The van der Waals surface area contributed by atoms with Crippen LogP contribution in [0.15, 0.2) is 56.8 Å². The maximum atomic E-state index is 14.4. The minimum atomic E-state index is -3.97. The van der Waals surface area contributed by atoms with E-state index in [0.29, 0.717) is 19.4 Å². The maximum absolute atomic E-state index is 14.4. The normalized spacial score (nSPS) is 20.7. The van der Waals surface area contributed by atoms with Crippen molar-refractivity contribution in [2.24, 2.45) is 5.92 Å². The number of amides is 1. The van der Waals surface area contributed by atoms with Crippen LogP contribution < -0.4 is 9.46 Å². The number of benzene rings is 2. The largest absolute Gasteiger partial charge is 0.490 e. The second-order valence-electron chi connectivity index (χ2n) is 12.9. The summed E-state index contributed by atoms with van der Waals surface area (Å²) in [7, 11) is -6.47. The topological polar surface area (TPSA) is 169 Å². The Morgan fingerprint density at radius 3 is 2.39 bits per heavy atom. The number of aliphatic hydroxyl groups is 1. The van der Waals surface area contributed by atoms with E-state index in [2.05, 4.69) is 9.88 Å². The van der Waals surface area contributed by atoms with Crippen molar-refractivity contribution in [3.63, 3.8) is 0 Å². The van der Waals surface area contributed by atoms with Crippen LogP contribution in [0.25, 0.3) is 0 Å². The summed E-state index contributed by atoms with van der Waals surface area (Å²) in [4.78, 5) is 16.0. The lowest BCUT2D eigenvalue weighted by molar-refractivity contribution is -0.00835. The number of aryl methyl sites for hydroxylation is 3. The molecule has 0 aliphatic carbocycles. The Balaban J connectivity index is 1.69. The smallest absolute Gasteiger partial charge is 0.261 e. The van der Waals surface area contributed by atoms with E-state index in [9.17, 15) is 26.7 Å². The molecule has 2 heterocycles. The number of nitrogens with one attached hydrogen (secondary N) is 1. The molecule has 1 amide bonds. The highest BCUT2D eigenvalue weighted by Gasteiger charge is 2.34. The third kappa shape index (κ3) is 9.19. The van der Waals surface area contributed by atoms with Crippen molar-refractivity contribution in [3.8, 4) is 5.75 Å². The zero-order valence-corrected chi connectivity index (χ0v) is 30.8. The summed E-state index contributed by atoms with van der Waals surface area (Å²) >= 11 is 0. The first kappa shape index (κ1) is 38.3. The van der Waals surface area contributed by atoms with Crippen LogP contribution in [0, 0.1) is 26.7 Å².